The Morgan fingerprint density at radius 2 is 2.07 bits per heavy atom. The lowest BCUT2D eigenvalue weighted by Crippen LogP contribution is -2.45. The van der Waals surface area contributed by atoms with Crippen molar-refractivity contribution in [2.24, 2.45) is 0 Å². The molecule has 82 valence electrons. The lowest BCUT2D eigenvalue weighted by atomic mass is 10.1. The van der Waals surface area contributed by atoms with Gasteiger partial charge in [-0.1, -0.05) is 0 Å². The van der Waals surface area contributed by atoms with Gasteiger partial charge in [-0.25, -0.2) is 0 Å². The Bertz CT molecular complexity index is 217. The molecule has 5 heteroatoms. The molecule has 0 bridgehead atoms. The van der Waals surface area contributed by atoms with Crippen molar-refractivity contribution in [2.45, 2.75) is 44.7 Å². The molecule has 1 N–H and O–H groups in total. The Morgan fingerprint density at radius 1 is 1.50 bits per heavy atom. The number of alkyl halides is 1. The zero-order valence-corrected chi connectivity index (χ0v) is 9.08. The van der Waals surface area contributed by atoms with Crippen LogP contribution in [0.3, 0.4) is 0 Å². The Balaban J connectivity index is 2.56. The Kier molecular flexibility index (Phi) is 3.75. The predicted octanol–water partition coefficient (Wildman–Crippen LogP) is 1.61. The summed E-state index contributed by atoms with van der Waals surface area (Å²) < 4.78 is 10.9. The third-order valence-corrected chi connectivity index (χ3v) is 2.35. The maximum absolute atomic E-state index is 10.5. The van der Waals surface area contributed by atoms with Crippen molar-refractivity contribution in [1.29, 1.82) is 0 Å². The van der Waals surface area contributed by atoms with Crippen LogP contribution in [0.1, 0.15) is 26.7 Å². The molecule has 1 heterocycles. The van der Waals surface area contributed by atoms with E-state index >= 15 is 0 Å². The third-order valence-electron chi connectivity index (χ3n) is 2.00. The molecular weight excluding hydrogens is 208 g/mol. The molecule has 0 aliphatic carbocycles. The number of carboxylic acid groups (broad SMARTS) is 1. The van der Waals surface area contributed by atoms with Gasteiger partial charge in [0.1, 0.15) is 0 Å². The number of ether oxygens (including phenoxy) is 2. The van der Waals surface area contributed by atoms with Gasteiger partial charge >= 0.3 is 5.97 Å². The fraction of sp³-hybridized carbons (Fsp3) is 0.889. The fourth-order valence-electron chi connectivity index (χ4n) is 1.63. The van der Waals surface area contributed by atoms with Crippen LogP contribution in [0, 0.1) is 0 Å². The van der Waals surface area contributed by atoms with E-state index in [9.17, 15) is 4.79 Å². The first-order valence-corrected chi connectivity index (χ1v) is 5.10. The molecule has 0 aromatic rings. The average Bonchev–Trinajstić information content (AvgIpc) is 1.99. The highest BCUT2D eigenvalue weighted by Gasteiger charge is 2.35. The van der Waals surface area contributed by atoms with E-state index in [1.807, 2.05) is 0 Å². The van der Waals surface area contributed by atoms with Crippen LogP contribution in [0.15, 0.2) is 0 Å². The molecule has 0 spiro atoms. The highest BCUT2D eigenvalue weighted by molar-refractivity contribution is 6.18. The zero-order chi connectivity index (χ0) is 10.8. The highest BCUT2D eigenvalue weighted by Crippen LogP contribution is 2.28. The first-order chi connectivity index (χ1) is 6.43. The van der Waals surface area contributed by atoms with Crippen LogP contribution in [0.4, 0.5) is 0 Å². The van der Waals surface area contributed by atoms with Crippen LogP contribution in [0.5, 0.6) is 0 Å². The van der Waals surface area contributed by atoms with Gasteiger partial charge in [-0.3, -0.25) is 4.79 Å². The number of hydrogen-bond acceptors (Lipinski definition) is 3. The van der Waals surface area contributed by atoms with Gasteiger partial charge in [0.25, 0.3) is 0 Å². The standard InChI is InChI=1S/C9H15ClO4/c1-9(2)13-6(4-8(11)12)3-7(5-10)14-9/h6-7H,3-5H2,1-2H3,(H,11,12)/t6-,7+/m1/s1. The van der Waals surface area contributed by atoms with Crippen LogP contribution >= 0.6 is 11.6 Å². The van der Waals surface area contributed by atoms with Gasteiger partial charge < -0.3 is 14.6 Å². The molecule has 1 saturated heterocycles. The Hall–Kier alpha value is -0.320. The van der Waals surface area contributed by atoms with E-state index in [1.54, 1.807) is 13.8 Å². The van der Waals surface area contributed by atoms with Crippen LogP contribution in [0.25, 0.3) is 0 Å². The van der Waals surface area contributed by atoms with E-state index in [2.05, 4.69) is 0 Å². The largest absolute Gasteiger partial charge is 0.481 e. The molecule has 1 rings (SSSR count). The summed E-state index contributed by atoms with van der Waals surface area (Å²) in [6, 6.07) is 0. The smallest absolute Gasteiger partial charge is 0.305 e. The van der Waals surface area contributed by atoms with Crippen molar-refractivity contribution in [3.05, 3.63) is 0 Å². The zero-order valence-electron chi connectivity index (χ0n) is 8.33. The number of aliphatic carboxylic acids is 1. The lowest BCUT2D eigenvalue weighted by Gasteiger charge is -2.39. The van der Waals surface area contributed by atoms with E-state index in [0.717, 1.165) is 0 Å². The molecule has 0 unspecified atom stereocenters. The number of hydrogen-bond donors (Lipinski definition) is 1. The van der Waals surface area contributed by atoms with Gasteiger partial charge in [-0.2, -0.15) is 0 Å². The summed E-state index contributed by atoms with van der Waals surface area (Å²) in [4.78, 5) is 10.5. The van der Waals surface area contributed by atoms with Crippen molar-refractivity contribution >= 4 is 17.6 Å². The Morgan fingerprint density at radius 3 is 2.57 bits per heavy atom. The topological polar surface area (TPSA) is 55.8 Å². The molecule has 0 saturated carbocycles. The van der Waals surface area contributed by atoms with Gasteiger partial charge in [0.15, 0.2) is 5.79 Å². The summed E-state index contributed by atoms with van der Waals surface area (Å²) in [5.41, 5.74) is 0. The van der Waals surface area contributed by atoms with Gasteiger partial charge in [0, 0.05) is 12.3 Å². The molecule has 4 nitrogen and oxygen atoms in total. The number of rotatable bonds is 3. The monoisotopic (exact) mass is 222 g/mol. The quantitative estimate of drug-likeness (QED) is 0.738. The summed E-state index contributed by atoms with van der Waals surface area (Å²) in [7, 11) is 0. The SMILES string of the molecule is CC1(C)O[C@H](CCl)C[C@H](CC(=O)O)O1. The molecule has 1 aliphatic rings. The minimum absolute atomic E-state index is 0.000177. The number of halogens is 1. The molecular formula is C9H15ClO4. The van der Waals surface area contributed by atoms with Crippen LogP contribution in [-0.2, 0) is 14.3 Å². The highest BCUT2D eigenvalue weighted by atomic mass is 35.5. The minimum atomic E-state index is -0.860. The number of carbonyl (C=O) groups is 1. The molecule has 0 aromatic carbocycles. The van der Waals surface area contributed by atoms with Crippen molar-refractivity contribution in [3.8, 4) is 0 Å². The van der Waals surface area contributed by atoms with E-state index in [1.165, 1.54) is 0 Å². The third kappa shape index (κ3) is 3.44. The normalized spacial score (nSPS) is 31.4. The van der Waals surface area contributed by atoms with E-state index in [-0.39, 0.29) is 18.6 Å². The second-order valence-corrected chi connectivity index (χ2v) is 4.18. The lowest BCUT2D eigenvalue weighted by molar-refractivity contribution is -0.295. The molecule has 0 amide bonds. The van der Waals surface area contributed by atoms with E-state index < -0.39 is 11.8 Å². The summed E-state index contributed by atoms with van der Waals surface area (Å²) in [6.07, 6.45) is 0.115. The van der Waals surface area contributed by atoms with Crippen LogP contribution < -0.4 is 0 Å². The maximum Gasteiger partial charge on any atom is 0.305 e. The molecule has 0 aromatic heterocycles. The van der Waals surface area contributed by atoms with Crippen molar-refractivity contribution in [3.63, 3.8) is 0 Å². The van der Waals surface area contributed by atoms with E-state index in [4.69, 9.17) is 26.2 Å². The maximum atomic E-state index is 10.5. The van der Waals surface area contributed by atoms with Crippen molar-refractivity contribution in [1.82, 2.24) is 0 Å². The van der Waals surface area contributed by atoms with Crippen molar-refractivity contribution < 1.29 is 19.4 Å². The first-order valence-electron chi connectivity index (χ1n) is 4.56. The molecule has 14 heavy (non-hydrogen) atoms. The van der Waals surface area contributed by atoms with E-state index in [0.29, 0.717) is 12.3 Å². The first kappa shape index (κ1) is 11.8. The number of carboxylic acids is 1. The predicted molar refractivity (Wildman–Crippen MR) is 51.4 cm³/mol. The van der Waals surface area contributed by atoms with Crippen LogP contribution in [0.2, 0.25) is 0 Å². The summed E-state index contributed by atoms with van der Waals surface area (Å²) in [5.74, 6) is -1.23. The summed E-state index contributed by atoms with van der Waals surface area (Å²) in [6.45, 7) is 3.53. The fourth-order valence-corrected chi connectivity index (χ4v) is 1.82. The van der Waals surface area contributed by atoms with Crippen LogP contribution in [-0.4, -0.2) is 35.0 Å². The molecule has 2 atom stereocenters. The minimum Gasteiger partial charge on any atom is -0.481 e. The summed E-state index contributed by atoms with van der Waals surface area (Å²) >= 11 is 5.68. The van der Waals surface area contributed by atoms with Gasteiger partial charge in [0.05, 0.1) is 18.6 Å². The average molecular weight is 223 g/mol. The molecule has 1 fully saturated rings. The second kappa shape index (κ2) is 4.47. The Labute approximate surface area is 88.1 Å². The molecule has 1 aliphatic heterocycles. The van der Waals surface area contributed by atoms with Gasteiger partial charge in [0.2, 0.25) is 0 Å². The summed E-state index contributed by atoms with van der Waals surface area (Å²) in [5, 5.41) is 8.64. The van der Waals surface area contributed by atoms with Gasteiger partial charge in [-0.05, 0) is 13.8 Å². The van der Waals surface area contributed by atoms with Gasteiger partial charge in [-0.15, -0.1) is 11.6 Å². The molecule has 0 radical (unpaired) electrons. The van der Waals surface area contributed by atoms with Crippen molar-refractivity contribution in [2.75, 3.05) is 5.88 Å². The second-order valence-electron chi connectivity index (χ2n) is 3.87.